The van der Waals surface area contributed by atoms with Crippen LogP contribution in [0.4, 0.5) is 5.69 Å². The summed E-state index contributed by atoms with van der Waals surface area (Å²) in [5.41, 5.74) is 5.05. The molecule has 0 unspecified atom stereocenters. The molecule has 0 spiro atoms. The molecule has 0 bridgehead atoms. The van der Waals surface area contributed by atoms with Gasteiger partial charge in [-0.2, -0.15) is 5.10 Å². The molecule has 4 nitrogen and oxygen atoms in total. The molecule has 1 aliphatic rings. The molecule has 0 saturated heterocycles. The summed E-state index contributed by atoms with van der Waals surface area (Å²) in [7, 11) is 1.65. The molecule has 0 heterocycles. The van der Waals surface area contributed by atoms with E-state index >= 15 is 0 Å². The first-order valence-electron chi connectivity index (χ1n) is 6.94. The van der Waals surface area contributed by atoms with Crippen molar-refractivity contribution in [2.24, 2.45) is 11.0 Å². The summed E-state index contributed by atoms with van der Waals surface area (Å²) in [4.78, 5) is 0. The van der Waals surface area contributed by atoms with Gasteiger partial charge in [0.1, 0.15) is 5.75 Å². The number of hydrazone groups is 1. The summed E-state index contributed by atoms with van der Waals surface area (Å²) < 4.78 is 5.11. The molecule has 0 atom stereocenters. The lowest BCUT2D eigenvalue weighted by Gasteiger charge is -2.19. The van der Waals surface area contributed by atoms with Gasteiger partial charge in [0.25, 0.3) is 0 Å². The summed E-state index contributed by atoms with van der Waals surface area (Å²) >= 11 is 5.23. The van der Waals surface area contributed by atoms with Gasteiger partial charge in [0.2, 0.25) is 0 Å². The molecular weight excluding hydrogens is 270 g/mol. The SMILES string of the molecule is COc1ccc(NC(=S)NN=C2CCC(C)CC2)cc1. The fourth-order valence-electron chi connectivity index (χ4n) is 2.17. The van der Waals surface area contributed by atoms with Gasteiger partial charge in [-0.25, -0.2) is 0 Å². The zero-order chi connectivity index (χ0) is 14.4. The van der Waals surface area contributed by atoms with Gasteiger partial charge in [-0.05, 0) is 68.1 Å². The second-order valence-electron chi connectivity index (χ2n) is 5.15. The molecule has 5 heteroatoms. The minimum Gasteiger partial charge on any atom is -0.497 e. The lowest BCUT2D eigenvalue weighted by atomic mass is 9.90. The first kappa shape index (κ1) is 14.8. The van der Waals surface area contributed by atoms with E-state index in [0.717, 1.165) is 30.2 Å². The first-order valence-corrected chi connectivity index (χ1v) is 7.34. The van der Waals surface area contributed by atoms with E-state index in [2.05, 4.69) is 22.8 Å². The number of anilines is 1. The highest BCUT2D eigenvalue weighted by Crippen LogP contribution is 2.21. The molecule has 2 rings (SSSR count). The van der Waals surface area contributed by atoms with Crippen molar-refractivity contribution in [2.75, 3.05) is 12.4 Å². The predicted octanol–water partition coefficient (Wildman–Crippen LogP) is 3.55. The molecular formula is C15H21N3OS. The molecule has 0 amide bonds. The van der Waals surface area contributed by atoms with Gasteiger partial charge >= 0.3 is 0 Å². The van der Waals surface area contributed by atoms with E-state index in [4.69, 9.17) is 17.0 Å². The second-order valence-corrected chi connectivity index (χ2v) is 5.56. The van der Waals surface area contributed by atoms with E-state index in [0.29, 0.717) is 5.11 Å². The Morgan fingerprint density at radius 2 is 1.90 bits per heavy atom. The van der Waals surface area contributed by atoms with E-state index < -0.39 is 0 Å². The van der Waals surface area contributed by atoms with E-state index in [1.54, 1.807) is 7.11 Å². The maximum atomic E-state index is 5.23. The van der Waals surface area contributed by atoms with E-state index in [1.807, 2.05) is 24.3 Å². The maximum Gasteiger partial charge on any atom is 0.191 e. The molecule has 1 aliphatic carbocycles. The Morgan fingerprint density at radius 1 is 1.25 bits per heavy atom. The highest BCUT2D eigenvalue weighted by Gasteiger charge is 2.13. The number of hydrogen-bond acceptors (Lipinski definition) is 3. The second kappa shape index (κ2) is 7.24. The average Bonchev–Trinajstić information content (AvgIpc) is 2.47. The van der Waals surface area contributed by atoms with Crippen LogP contribution >= 0.6 is 12.2 Å². The number of methoxy groups -OCH3 is 1. The van der Waals surface area contributed by atoms with Crippen molar-refractivity contribution in [1.29, 1.82) is 0 Å². The van der Waals surface area contributed by atoms with Crippen LogP contribution < -0.4 is 15.5 Å². The third-order valence-electron chi connectivity index (χ3n) is 3.51. The quantitative estimate of drug-likeness (QED) is 0.660. The number of nitrogens with zero attached hydrogens (tertiary/aromatic N) is 1. The van der Waals surface area contributed by atoms with Gasteiger partial charge < -0.3 is 10.1 Å². The molecule has 1 aromatic rings. The van der Waals surface area contributed by atoms with Gasteiger partial charge in [0.15, 0.2) is 5.11 Å². The van der Waals surface area contributed by atoms with Crippen LogP contribution in [-0.4, -0.2) is 17.9 Å². The highest BCUT2D eigenvalue weighted by molar-refractivity contribution is 7.80. The maximum absolute atomic E-state index is 5.23. The van der Waals surface area contributed by atoms with Crippen molar-refractivity contribution in [3.05, 3.63) is 24.3 Å². The van der Waals surface area contributed by atoms with Crippen molar-refractivity contribution in [3.8, 4) is 5.75 Å². The van der Waals surface area contributed by atoms with Crippen LogP contribution in [0.2, 0.25) is 0 Å². The number of ether oxygens (including phenoxy) is 1. The molecule has 0 radical (unpaired) electrons. The summed E-state index contributed by atoms with van der Waals surface area (Å²) in [6.45, 7) is 2.29. The standard InChI is InChI=1S/C15H21N3OS/c1-11-3-5-13(6-4-11)17-18-15(20)16-12-7-9-14(19-2)10-8-12/h7-11H,3-6H2,1-2H3,(H2,16,18,20). The highest BCUT2D eigenvalue weighted by atomic mass is 32.1. The third-order valence-corrected chi connectivity index (χ3v) is 3.71. The fraction of sp³-hybridized carbons (Fsp3) is 0.467. The fourth-order valence-corrected chi connectivity index (χ4v) is 2.33. The summed E-state index contributed by atoms with van der Waals surface area (Å²) in [5.74, 6) is 1.64. The Balaban J connectivity index is 1.81. The zero-order valence-electron chi connectivity index (χ0n) is 12.0. The van der Waals surface area contributed by atoms with Crippen LogP contribution in [0.5, 0.6) is 5.75 Å². The topological polar surface area (TPSA) is 45.6 Å². The first-order chi connectivity index (χ1) is 9.67. The summed E-state index contributed by atoms with van der Waals surface area (Å²) in [6.07, 6.45) is 4.58. The predicted molar refractivity (Wildman–Crippen MR) is 87.4 cm³/mol. The molecule has 0 aromatic heterocycles. The third kappa shape index (κ3) is 4.49. The number of benzene rings is 1. The lowest BCUT2D eigenvalue weighted by Crippen LogP contribution is -2.26. The lowest BCUT2D eigenvalue weighted by molar-refractivity contribution is 0.415. The minimum atomic E-state index is 0.515. The van der Waals surface area contributed by atoms with Gasteiger partial charge in [0, 0.05) is 11.4 Å². The normalized spacial score (nSPS) is 18.3. The van der Waals surface area contributed by atoms with E-state index in [-0.39, 0.29) is 0 Å². The van der Waals surface area contributed by atoms with Crippen LogP contribution in [0.3, 0.4) is 0 Å². The van der Waals surface area contributed by atoms with Crippen molar-refractivity contribution >= 4 is 28.7 Å². The van der Waals surface area contributed by atoms with Crippen molar-refractivity contribution in [2.45, 2.75) is 32.6 Å². The Hall–Kier alpha value is -1.62. The van der Waals surface area contributed by atoms with Crippen LogP contribution in [0.15, 0.2) is 29.4 Å². The number of thiocarbonyl (C=S) groups is 1. The van der Waals surface area contributed by atoms with Gasteiger partial charge in [0.05, 0.1) is 7.11 Å². The monoisotopic (exact) mass is 291 g/mol. The van der Waals surface area contributed by atoms with Crippen molar-refractivity contribution in [3.63, 3.8) is 0 Å². The molecule has 0 aliphatic heterocycles. The van der Waals surface area contributed by atoms with Gasteiger partial charge in [-0.1, -0.05) is 6.92 Å². The number of rotatable bonds is 3. The van der Waals surface area contributed by atoms with E-state index in [9.17, 15) is 0 Å². The number of nitrogens with one attached hydrogen (secondary N) is 2. The zero-order valence-corrected chi connectivity index (χ0v) is 12.8. The summed E-state index contributed by atoms with van der Waals surface area (Å²) in [6, 6.07) is 7.61. The van der Waals surface area contributed by atoms with Crippen molar-refractivity contribution in [1.82, 2.24) is 5.43 Å². The smallest absolute Gasteiger partial charge is 0.191 e. The Morgan fingerprint density at radius 3 is 2.50 bits per heavy atom. The number of hydrogen-bond donors (Lipinski definition) is 2. The van der Waals surface area contributed by atoms with Crippen LogP contribution in [0.1, 0.15) is 32.6 Å². The Kier molecular flexibility index (Phi) is 5.35. The molecule has 1 aromatic carbocycles. The largest absolute Gasteiger partial charge is 0.497 e. The van der Waals surface area contributed by atoms with Crippen molar-refractivity contribution < 1.29 is 4.74 Å². The van der Waals surface area contributed by atoms with Crippen LogP contribution in [0, 0.1) is 5.92 Å². The molecule has 2 N–H and O–H groups in total. The Bertz CT molecular complexity index is 474. The molecule has 1 fully saturated rings. The minimum absolute atomic E-state index is 0.515. The summed E-state index contributed by atoms with van der Waals surface area (Å²) in [5, 5.41) is 8.00. The average molecular weight is 291 g/mol. The Labute approximate surface area is 125 Å². The van der Waals surface area contributed by atoms with Gasteiger partial charge in [-0.3, -0.25) is 5.43 Å². The van der Waals surface area contributed by atoms with Crippen LogP contribution in [-0.2, 0) is 0 Å². The van der Waals surface area contributed by atoms with E-state index in [1.165, 1.54) is 18.6 Å². The van der Waals surface area contributed by atoms with Gasteiger partial charge in [-0.15, -0.1) is 0 Å². The molecule has 20 heavy (non-hydrogen) atoms. The van der Waals surface area contributed by atoms with Crippen LogP contribution in [0.25, 0.3) is 0 Å². The molecule has 1 saturated carbocycles. The molecule has 108 valence electrons.